The van der Waals surface area contributed by atoms with E-state index < -0.39 is 11.9 Å². The summed E-state index contributed by atoms with van der Waals surface area (Å²) in [6.07, 6.45) is 0.299. The molecule has 0 radical (unpaired) electrons. The number of rotatable bonds is 12. The number of carbonyl (C=O) groups is 2. The largest absolute Gasteiger partial charge is 0.483 e. The lowest BCUT2D eigenvalue weighted by Gasteiger charge is -2.32. The molecule has 1 unspecified atom stereocenters. The van der Waals surface area contributed by atoms with E-state index in [1.165, 1.54) is 11.0 Å². The van der Waals surface area contributed by atoms with Crippen molar-refractivity contribution in [2.45, 2.75) is 52.6 Å². The van der Waals surface area contributed by atoms with E-state index in [1.54, 1.807) is 18.2 Å². The molecule has 37 heavy (non-hydrogen) atoms. The lowest BCUT2D eigenvalue weighted by atomic mass is 10.0. The highest BCUT2D eigenvalue weighted by Crippen LogP contribution is 2.26. The molecular formula is C31H37FN2O3. The summed E-state index contributed by atoms with van der Waals surface area (Å²) < 4.78 is 20.7. The number of carbonyl (C=O) groups excluding carboxylic acids is 2. The van der Waals surface area contributed by atoms with Gasteiger partial charge in [0.05, 0.1) is 0 Å². The van der Waals surface area contributed by atoms with Crippen molar-refractivity contribution in [2.75, 3.05) is 13.2 Å². The van der Waals surface area contributed by atoms with Gasteiger partial charge in [0.1, 0.15) is 17.6 Å². The van der Waals surface area contributed by atoms with Gasteiger partial charge in [0.15, 0.2) is 6.61 Å². The standard InChI is InChI=1S/C31H37FN2O3/c1-22(2)19-33-31(36)28(18-24-12-6-5-7-13-24)34(20-25-14-8-10-16-27(25)32)30(35)21-37-29-17-11-9-15-26(29)23(3)4/h5-17,22-23,28H,18-21H2,1-4H3,(H,33,36). The summed E-state index contributed by atoms with van der Waals surface area (Å²) in [7, 11) is 0. The third-order valence-electron chi connectivity index (χ3n) is 6.15. The van der Waals surface area contributed by atoms with Gasteiger partial charge in [-0.3, -0.25) is 9.59 Å². The van der Waals surface area contributed by atoms with E-state index >= 15 is 0 Å². The molecule has 0 saturated heterocycles. The van der Waals surface area contributed by atoms with Gasteiger partial charge < -0.3 is 15.0 Å². The van der Waals surface area contributed by atoms with Crippen LogP contribution in [0.2, 0.25) is 0 Å². The van der Waals surface area contributed by atoms with E-state index in [-0.39, 0.29) is 36.8 Å². The summed E-state index contributed by atoms with van der Waals surface area (Å²) in [6, 6.07) is 22.6. The molecule has 0 saturated carbocycles. The van der Waals surface area contributed by atoms with Crippen LogP contribution in [0, 0.1) is 11.7 Å². The predicted molar refractivity (Wildman–Crippen MR) is 145 cm³/mol. The molecule has 0 heterocycles. The second-order valence-electron chi connectivity index (χ2n) is 9.94. The first-order valence-electron chi connectivity index (χ1n) is 12.8. The minimum atomic E-state index is -0.836. The van der Waals surface area contributed by atoms with Gasteiger partial charge in [-0.05, 0) is 35.1 Å². The van der Waals surface area contributed by atoms with Crippen LogP contribution >= 0.6 is 0 Å². The fraction of sp³-hybridized carbons (Fsp3) is 0.355. The number of ether oxygens (including phenoxy) is 1. The molecule has 0 aromatic heterocycles. The highest BCUT2D eigenvalue weighted by atomic mass is 19.1. The summed E-state index contributed by atoms with van der Waals surface area (Å²) in [5.74, 6) is 0.00150. The Hall–Kier alpha value is -3.67. The molecule has 0 aliphatic carbocycles. The number of nitrogens with zero attached hydrogens (tertiary/aromatic N) is 1. The molecule has 0 spiro atoms. The summed E-state index contributed by atoms with van der Waals surface area (Å²) >= 11 is 0. The molecule has 0 aliphatic heterocycles. The zero-order chi connectivity index (χ0) is 26.8. The Balaban J connectivity index is 1.93. The van der Waals surface area contributed by atoms with Crippen LogP contribution in [-0.4, -0.2) is 35.9 Å². The van der Waals surface area contributed by atoms with Gasteiger partial charge >= 0.3 is 0 Å². The van der Waals surface area contributed by atoms with E-state index in [2.05, 4.69) is 19.2 Å². The van der Waals surface area contributed by atoms with Gasteiger partial charge in [-0.15, -0.1) is 0 Å². The SMILES string of the molecule is CC(C)CNC(=O)C(Cc1ccccc1)N(Cc1ccccc1F)C(=O)COc1ccccc1C(C)C. The number of nitrogens with one attached hydrogen (secondary N) is 1. The lowest BCUT2D eigenvalue weighted by molar-refractivity contribution is -0.142. The summed E-state index contributed by atoms with van der Waals surface area (Å²) in [5, 5.41) is 2.97. The number of amides is 2. The van der Waals surface area contributed by atoms with E-state index in [9.17, 15) is 14.0 Å². The molecule has 0 aliphatic rings. The first kappa shape index (κ1) is 27.9. The Morgan fingerprint density at radius 2 is 1.54 bits per heavy atom. The van der Waals surface area contributed by atoms with Crippen molar-refractivity contribution in [1.29, 1.82) is 0 Å². The zero-order valence-corrected chi connectivity index (χ0v) is 22.1. The third kappa shape index (κ3) is 8.17. The topological polar surface area (TPSA) is 58.6 Å². The van der Waals surface area contributed by atoms with Gasteiger partial charge in [-0.25, -0.2) is 4.39 Å². The number of hydrogen-bond acceptors (Lipinski definition) is 3. The van der Waals surface area contributed by atoms with Crippen molar-refractivity contribution < 1.29 is 18.7 Å². The fourth-order valence-electron chi connectivity index (χ4n) is 4.10. The number of hydrogen-bond donors (Lipinski definition) is 1. The molecule has 6 heteroatoms. The van der Waals surface area contributed by atoms with Crippen LogP contribution in [-0.2, 0) is 22.6 Å². The Bertz CT molecular complexity index is 1160. The van der Waals surface area contributed by atoms with Crippen LogP contribution in [0.4, 0.5) is 4.39 Å². The molecule has 2 amide bonds. The maximum Gasteiger partial charge on any atom is 0.261 e. The van der Waals surface area contributed by atoms with Gasteiger partial charge in [-0.2, -0.15) is 0 Å². The second-order valence-corrected chi connectivity index (χ2v) is 9.94. The van der Waals surface area contributed by atoms with Crippen molar-refractivity contribution in [1.82, 2.24) is 10.2 Å². The van der Waals surface area contributed by atoms with Crippen molar-refractivity contribution in [3.63, 3.8) is 0 Å². The zero-order valence-electron chi connectivity index (χ0n) is 22.1. The highest BCUT2D eigenvalue weighted by Gasteiger charge is 2.31. The summed E-state index contributed by atoms with van der Waals surface area (Å²) in [4.78, 5) is 28.6. The lowest BCUT2D eigenvalue weighted by Crippen LogP contribution is -2.52. The summed E-state index contributed by atoms with van der Waals surface area (Å²) in [5.41, 5.74) is 2.24. The maximum absolute atomic E-state index is 14.7. The van der Waals surface area contributed by atoms with Crippen LogP contribution in [0.25, 0.3) is 0 Å². The molecule has 0 fully saturated rings. The smallest absolute Gasteiger partial charge is 0.261 e. The minimum absolute atomic E-state index is 0.0483. The van der Waals surface area contributed by atoms with Crippen molar-refractivity contribution in [3.8, 4) is 5.75 Å². The quantitative estimate of drug-likeness (QED) is 0.342. The third-order valence-corrected chi connectivity index (χ3v) is 6.15. The molecule has 196 valence electrons. The molecule has 3 aromatic rings. The molecule has 5 nitrogen and oxygen atoms in total. The monoisotopic (exact) mass is 504 g/mol. The van der Waals surface area contributed by atoms with Crippen molar-refractivity contribution in [2.24, 2.45) is 5.92 Å². The predicted octanol–water partition coefficient (Wildman–Crippen LogP) is 5.74. The van der Waals surface area contributed by atoms with Crippen molar-refractivity contribution in [3.05, 3.63) is 101 Å². The first-order valence-corrected chi connectivity index (χ1v) is 12.8. The average Bonchev–Trinajstić information content (AvgIpc) is 2.89. The molecule has 3 aromatic carbocycles. The van der Waals surface area contributed by atoms with Gasteiger partial charge in [0.25, 0.3) is 5.91 Å². The van der Waals surface area contributed by atoms with Crippen molar-refractivity contribution >= 4 is 11.8 Å². The fourth-order valence-corrected chi connectivity index (χ4v) is 4.10. The molecular weight excluding hydrogens is 467 g/mol. The minimum Gasteiger partial charge on any atom is -0.483 e. The Morgan fingerprint density at radius 1 is 0.892 bits per heavy atom. The van der Waals surface area contributed by atoms with E-state index in [1.807, 2.05) is 68.4 Å². The molecule has 3 rings (SSSR count). The van der Waals surface area contributed by atoms with Gasteiger partial charge in [0, 0.05) is 25.1 Å². The number of benzene rings is 3. The van der Waals surface area contributed by atoms with Crippen LogP contribution in [0.3, 0.4) is 0 Å². The van der Waals surface area contributed by atoms with Crippen LogP contribution in [0.15, 0.2) is 78.9 Å². The Kier molecular flexibility index (Phi) is 10.2. The molecule has 1 atom stereocenters. The number of para-hydroxylation sites is 1. The maximum atomic E-state index is 14.7. The Labute approximate surface area is 219 Å². The van der Waals surface area contributed by atoms with E-state index in [0.717, 1.165) is 11.1 Å². The van der Waals surface area contributed by atoms with Crippen LogP contribution in [0.5, 0.6) is 5.75 Å². The normalized spacial score (nSPS) is 11.9. The Morgan fingerprint density at radius 3 is 2.22 bits per heavy atom. The first-order chi connectivity index (χ1) is 17.8. The van der Waals surface area contributed by atoms with Crippen LogP contribution < -0.4 is 10.1 Å². The highest BCUT2D eigenvalue weighted by molar-refractivity contribution is 5.88. The number of halogens is 1. The second kappa shape index (κ2) is 13.6. The summed E-state index contributed by atoms with van der Waals surface area (Å²) in [6.45, 7) is 8.30. The van der Waals surface area contributed by atoms with E-state index in [0.29, 0.717) is 24.3 Å². The van der Waals surface area contributed by atoms with Gasteiger partial charge in [-0.1, -0.05) is 94.4 Å². The van der Waals surface area contributed by atoms with Crippen LogP contribution in [0.1, 0.15) is 50.3 Å². The van der Waals surface area contributed by atoms with Gasteiger partial charge in [0.2, 0.25) is 5.91 Å². The van der Waals surface area contributed by atoms with E-state index in [4.69, 9.17) is 4.74 Å². The average molecular weight is 505 g/mol. The molecule has 1 N–H and O–H groups in total. The molecule has 0 bridgehead atoms.